The summed E-state index contributed by atoms with van der Waals surface area (Å²) >= 11 is 0. The molecule has 1 nitrogen and oxygen atoms in total. The van der Waals surface area contributed by atoms with Gasteiger partial charge in [0.2, 0.25) is 0 Å². The molecule has 0 spiro atoms. The Morgan fingerprint density at radius 3 is 2.55 bits per heavy atom. The third-order valence-electron chi connectivity index (χ3n) is 3.53. The highest BCUT2D eigenvalue weighted by molar-refractivity contribution is 5.37. The molecular weight excluding hydrogens is 249 g/mol. The van der Waals surface area contributed by atoms with Crippen molar-refractivity contribution in [2.24, 2.45) is 0 Å². The molecule has 0 bridgehead atoms. The van der Waals surface area contributed by atoms with Crippen LogP contribution in [0.15, 0.2) is 48.5 Å². The lowest BCUT2D eigenvalue weighted by molar-refractivity contribution is 0.582. The van der Waals surface area contributed by atoms with Crippen molar-refractivity contribution in [3.05, 3.63) is 71.0 Å². The summed E-state index contributed by atoms with van der Waals surface area (Å²) in [7, 11) is 0. The minimum absolute atomic E-state index is 0.0572. The molecule has 2 aromatic rings. The van der Waals surface area contributed by atoms with Crippen molar-refractivity contribution in [1.29, 1.82) is 0 Å². The van der Waals surface area contributed by atoms with E-state index in [1.165, 1.54) is 17.2 Å². The molecule has 0 aliphatic rings. The van der Waals surface area contributed by atoms with Gasteiger partial charge in [0.25, 0.3) is 0 Å². The van der Waals surface area contributed by atoms with Gasteiger partial charge in [-0.15, -0.1) is 0 Å². The van der Waals surface area contributed by atoms with E-state index in [1.807, 2.05) is 6.07 Å². The molecule has 1 unspecified atom stereocenters. The second-order valence-electron chi connectivity index (χ2n) is 4.99. The van der Waals surface area contributed by atoms with Crippen molar-refractivity contribution in [3.63, 3.8) is 0 Å². The van der Waals surface area contributed by atoms with Gasteiger partial charge in [-0.1, -0.05) is 50.2 Å². The van der Waals surface area contributed by atoms with Gasteiger partial charge < -0.3 is 5.32 Å². The molecule has 0 aromatic heterocycles. The van der Waals surface area contributed by atoms with E-state index in [0.29, 0.717) is 0 Å². The van der Waals surface area contributed by atoms with E-state index in [4.69, 9.17) is 0 Å². The van der Waals surface area contributed by atoms with Crippen molar-refractivity contribution < 1.29 is 4.39 Å². The van der Waals surface area contributed by atoms with Crippen LogP contribution >= 0.6 is 0 Å². The standard InChI is InChI=1S/C18H22FN/c1-3-12-20-18(15-9-7-10-16(19)13-15)17-11-6-5-8-14(17)4-2/h5-11,13,18,20H,3-4,12H2,1-2H3. The molecule has 1 N–H and O–H groups in total. The van der Waals surface area contributed by atoms with Crippen LogP contribution in [0.1, 0.15) is 43.0 Å². The predicted molar refractivity (Wildman–Crippen MR) is 82.4 cm³/mol. The van der Waals surface area contributed by atoms with Gasteiger partial charge in [0, 0.05) is 0 Å². The van der Waals surface area contributed by atoms with E-state index in [2.05, 4.69) is 43.4 Å². The van der Waals surface area contributed by atoms with Crippen molar-refractivity contribution in [2.75, 3.05) is 6.54 Å². The van der Waals surface area contributed by atoms with E-state index in [-0.39, 0.29) is 11.9 Å². The average Bonchev–Trinajstić information content (AvgIpc) is 2.48. The molecule has 0 saturated heterocycles. The Morgan fingerprint density at radius 2 is 1.85 bits per heavy atom. The molecule has 2 aromatic carbocycles. The number of nitrogens with one attached hydrogen (secondary N) is 1. The minimum atomic E-state index is -0.181. The van der Waals surface area contributed by atoms with Gasteiger partial charge in [-0.05, 0) is 48.2 Å². The van der Waals surface area contributed by atoms with Crippen LogP contribution in [-0.2, 0) is 6.42 Å². The highest BCUT2D eigenvalue weighted by Gasteiger charge is 2.16. The Bertz CT molecular complexity index is 551. The first-order valence-corrected chi connectivity index (χ1v) is 7.33. The van der Waals surface area contributed by atoms with E-state index < -0.39 is 0 Å². The number of halogens is 1. The van der Waals surface area contributed by atoms with Crippen LogP contribution in [0.2, 0.25) is 0 Å². The van der Waals surface area contributed by atoms with Crippen LogP contribution in [0.25, 0.3) is 0 Å². The van der Waals surface area contributed by atoms with Crippen LogP contribution in [0.5, 0.6) is 0 Å². The van der Waals surface area contributed by atoms with Crippen molar-refractivity contribution >= 4 is 0 Å². The molecule has 0 heterocycles. The fraction of sp³-hybridized carbons (Fsp3) is 0.333. The average molecular weight is 271 g/mol. The van der Waals surface area contributed by atoms with E-state index >= 15 is 0 Å². The summed E-state index contributed by atoms with van der Waals surface area (Å²) in [4.78, 5) is 0. The molecular formula is C18H22FN. The maximum absolute atomic E-state index is 13.5. The van der Waals surface area contributed by atoms with Crippen molar-refractivity contribution in [3.8, 4) is 0 Å². The van der Waals surface area contributed by atoms with Gasteiger partial charge >= 0.3 is 0 Å². The number of hydrogen-bond donors (Lipinski definition) is 1. The molecule has 1 atom stereocenters. The zero-order chi connectivity index (χ0) is 14.4. The number of benzene rings is 2. The second-order valence-corrected chi connectivity index (χ2v) is 4.99. The molecule has 0 aliphatic heterocycles. The van der Waals surface area contributed by atoms with Gasteiger partial charge in [-0.3, -0.25) is 0 Å². The molecule has 0 amide bonds. The first-order valence-electron chi connectivity index (χ1n) is 7.33. The van der Waals surface area contributed by atoms with Gasteiger partial charge in [-0.2, -0.15) is 0 Å². The largest absolute Gasteiger partial charge is 0.306 e. The Morgan fingerprint density at radius 1 is 1.05 bits per heavy atom. The van der Waals surface area contributed by atoms with Crippen LogP contribution in [0, 0.1) is 5.82 Å². The Hall–Kier alpha value is -1.67. The Kier molecular flexibility index (Phi) is 5.31. The minimum Gasteiger partial charge on any atom is -0.306 e. The molecule has 0 radical (unpaired) electrons. The maximum atomic E-state index is 13.5. The first-order chi connectivity index (χ1) is 9.76. The van der Waals surface area contributed by atoms with Crippen molar-refractivity contribution in [1.82, 2.24) is 5.32 Å². The Balaban J connectivity index is 2.41. The zero-order valence-corrected chi connectivity index (χ0v) is 12.2. The topological polar surface area (TPSA) is 12.0 Å². The monoisotopic (exact) mass is 271 g/mol. The summed E-state index contributed by atoms with van der Waals surface area (Å²) in [6.45, 7) is 5.21. The van der Waals surface area contributed by atoms with E-state index in [0.717, 1.165) is 24.9 Å². The van der Waals surface area contributed by atoms with Gasteiger partial charge in [0.1, 0.15) is 5.82 Å². The summed E-state index contributed by atoms with van der Waals surface area (Å²) < 4.78 is 13.5. The lowest BCUT2D eigenvalue weighted by Crippen LogP contribution is -2.24. The summed E-state index contributed by atoms with van der Waals surface area (Å²) in [5.41, 5.74) is 3.54. The first kappa shape index (κ1) is 14.7. The van der Waals surface area contributed by atoms with Crippen LogP contribution in [0.3, 0.4) is 0 Å². The summed E-state index contributed by atoms with van der Waals surface area (Å²) in [6, 6.07) is 15.3. The highest BCUT2D eigenvalue weighted by Crippen LogP contribution is 2.26. The van der Waals surface area contributed by atoms with Crippen LogP contribution < -0.4 is 5.32 Å². The normalized spacial score (nSPS) is 12.3. The third-order valence-corrected chi connectivity index (χ3v) is 3.53. The van der Waals surface area contributed by atoms with Gasteiger partial charge in [0.05, 0.1) is 6.04 Å². The quantitative estimate of drug-likeness (QED) is 0.817. The summed E-state index contributed by atoms with van der Waals surface area (Å²) in [6.07, 6.45) is 2.04. The molecule has 2 heteroatoms. The SMILES string of the molecule is CCCNC(c1cccc(F)c1)c1ccccc1CC. The number of rotatable bonds is 6. The smallest absolute Gasteiger partial charge is 0.123 e. The van der Waals surface area contributed by atoms with Crippen LogP contribution in [0.4, 0.5) is 4.39 Å². The van der Waals surface area contributed by atoms with Crippen LogP contribution in [-0.4, -0.2) is 6.54 Å². The fourth-order valence-corrected chi connectivity index (χ4v) is 2.52. The number of hydrogen-bond acceptors (Lipinski definition) is 1. The lowest BCUT2D eigenvalue weighted by atomic mass is 9.93. The maximum Gasteiger partial charge on any atom is 0.123 e. The Labute approximate surface area is 120 Å². The van der Waals surface area contributed by atoms with Crippen molar-refractivity contribution in [2.45, 2.75) is 32.7 Å². The van der Waals surface area contributed by atoms with Gasteiger partial charge in [-0.25, -0.2) is 4.39 Å². The molecule has 106 valence electrons. The predicted octanol–water partition coefficient (Wildman–Crippen LogP) is 4.48. The fourth-order valence-electron chi connectivity index (χ4n) is 2.52. The third kappa shape index (κ3) is 3.45. The zero-order valence-electron chi connectivity index (χ0n) is 12.2. The molecule has 2 rings (SSSR count). The summed E-state index contributed by atoms with van der Waals surface area (Å²) in [5, 5.41) is 3.54. The molecule has 0 saturated carbocycles. The van der Waals surface area contributed by atoms with Gasteiger partial charge in [0.15, 0.2) is 0 Å². The van der Waals surface area contributed by atoms with E-state index in [9.17, 15) is 4.39 Å². The lowest BCUT2D eigenvalue weighted by Gasteiger charge is -2.22. The van der Waals surface area contributed by atoms with E-state index in [1.54, 1.807) is 12.1 Å². The highest BCUT2D eigenvalue weighted by atomic mass is 19.1. The second kappa shape index (κ2) is 7.20. The molecule has 0 aliphatic carbocycles. The molecule has 20 heavy (non-hydrogen) atoms. The number of aryl methyl sites for hydroxylation is 1. The molecule has 0 fully saturated rings. The summed E-state index contributed by atoms with van der Waals surface area (Å²) in [5.74, 6) is -0.181.